The van der Waals surface area contributed by atoms with E-state index in [1.54, 1.807) is 24.0 Å². The van der Waals surface area contributed by atoms with E-state index in [1.807, 2.05) is 16.5 Å². The number of thioether (sulfide) groups is 1. The number of hydrogen-bond acceptors (Lipinski definition) is 3. The van der Waals surface area contributed by atoms with E-state index in [2.05, 4.69) is 38.3 Å². The molecule has 0 radical (unpaired) electrons. The van der Waals surface area contributed by atoms with Gasteiger partial charge in [0.2, 0.25) is 0 Å². The molecule has 7 heteroatoms. The van der Waals surface area contributed by atoms with Gasteiger partial charge >= 0.3 is 0 Å². The molecule has 0 amide bonds. The highest BCUT2D eigenvalue weighted by Gasteiger charge is 2.10. The van der Waals surface area contributed by atoms with E-state index in [0.717, 1.165) is 15.4 Å². The molecular formula is C13H8BrCl2N3S. The molecule has 0 atom stereocenters. The summed E-state index contributed by atoms with van der Waals surface area (Å²) in [5, 5.41) is 10.1. The minimum absolute atomic E-state index is 0.499. The highest BCUT2D eigenvalue weighted by atomic mass is 79.9. The number of halogens is 3. The van der Waals surface area contributed by atoms with Gasteiger partial charge in [0.25, 0.3) is 0 Å². The standard InChI is InChI=1S/C13H8BrCl2N3S/c14-9-3-1-2-8(4-9)7-20-13-18-17-12-11(16)5-10(15)6-19(12)13/h1-6H,7H2. The number of benzene rings is 1. The molecule has 0 bridgehead atoms. The van der Waals surface area contributed by atoms with Crippen molar-refractivity contribution < 1.29 is 0 Å². The summed E-state index contributed by atoms with van der Waals surface area (Å²) in [6, 6.07) is 9.82. The molecule has 1 aromatic carbocycles. The van der Waals surface area contributed by atoms with Crippen molar-refractivity contribution in [3.05, 3.63) is 56.6 Å². The fourth-order valence-corrected chi connectivity index (χ4v) is 3.58. The van der Waals surface area contributed by atoms with E-state index in [1.165, 1.54) is 5.56 Å². The molecule has 3 nitrogen and oxygen atoms in total. The summed E-state index contributed by atoms with van der Waals surface area (Å²) in [5.74, 6) is 0.796. The number of rotatable bonds is 3. The van der Waals surface area contributed by atoms with E-state index < -0.39 is 0 Å². The molecule has 0 fully saturated rings. The maximum atomic E-state index is 6.09. The largest absolute Gasteiger partial charge is 0.275 e. The summed E-state index contributed by atoms with van der Waals surface area (Å²) in [7, 11) is 0. The SMILES string of the molecule is Clc1cc(Cl)c2nnc(SCc3cccc(Br)c3)n2c1. The van der Waals surface area contributed by atoms with Gasteiger partial charge in [0.15, 0.2) is 10.8 Å². The van der Waals surface area contributed by atoms with Crippen molar-refractivity contribution in [1.29, 1.82) is 0 Å². The van der Waals surface area contributed by atoms with E-state index in [0.29, 0.717) is 15.7 Å². The molecule has 102 valence electrons. The number of aromatic nitrogens is 3. The Bertz CT molecular complexity index is 775. The first-order valence-electron chi connectivity index (χ1n) is 5.70. The van der Waals surface area contributed by atoms with Crippen LogP contribution in [0, 0.1) is 0 Å². The molecule has 0 saturated carbocycles. The van der Waals surface area contributed by atoms with Crippen LogP contribution in [0.1, 0.15) is 5.56 Å². The number of fused-ring (bicyclic) bond motifs is 1. The first kappa shape index (κ1) is 14.2. The number of hydrogen-bond donors (Lipinski definition) is 0. The van der Waals surface area contributed by atoms with Crippen molar-refractivity contribution in [3.63, 3.8) is 0 Å². The Labute approximate surface area is 138 Å². The second kappa shape index (κ2) is 5.93. The maximum absolute atomic E-state index is 6.09. The molecule has 0 N–H and O–H groups in total. The second-order valence-electron chi connectivity index (χ2n) is 4.10. The van der Waals surface area contributed by atoms with Gasteiger partial charge in [-0.15, -0.1) is 10.2 Å². The fourth-order valence-electron chi connectivity index (χ4n) is 1.78. The third-order valence-electron chi connectivity index (χ3n) is 2.65. The summed E-state index contributed by atoms with van der Waals surface area (Å²) >= 11 is 17.2. The first-order chi connectivity index (χ1) is 9.63. The van der Waals surface area contributed by atoms with Crippen LogP contribution in [0.25, 0.3) is 5.65 Å². The zero-order valence-electron chi connectivity index (χ0n) is 10.1. The Hall–Kier alpha value is -0.750. The predicted octanol–water partition coefficient (Wildman–Crippen LogP) is 5.09. The van der Waals surface area contributed by atoms with E-state index in [4.69, 9.17) is 23.2 Å². The van der Waals surface area contributed by atoms with Crippen molar-refractivity contribution >= 4 is 56.5 Å². The van der Waals surface area contributed by atoms with Crippen LogP contribution in [0.4, 0.5) is 0 Å². The van der Waals surface area contributed by atoms with Crippen molar-refractivity contribution in [2.75, 3.05) is 0 Å². The van der Waals surface area contributed by atoms with Gasteiger partial charge in [0.05, 0.1) is 10.0 Å². The molecule has 0 aliphatic heterocycles. The lowest BCUT2D eigenvalue weighted by molar-refractivity contribution is 0.921. The molecule has 20 heavy (non-hydrogen) atoms. The molecule has 0 aliphatic carbocycles. The maximum Gasteiger partial charge on any atom is 0.196 e. The van der Waals surface area contributed by atoms with Crippen LogP contribution in [0.15, 0.2) is 46.2 Å². The summed E-state index contributed by atoms with van der Waals surface area (Å²) < 4.78 is 2.88. The summed E-state index contributed by atoms with van der Waals surface area (Å²) in [5.41, 5.74) is 1.82. The Balaban J connectivity index is 1.88. The summed E-state index contributed by atoms with van der Waals surface area (Å²) in [6.07, 6.45) is 1.77. The smallest absolute Gasteiger partial charge is 0.196 e. The third-order valence-corrected chi connectivity index (χ3v) is 4.64. The average Bonchev–Trinajstić information content (AvgIpc) is 2.80. The lowest BCUT2D eigenvalue weighted by Crippen LogP contribution is -1.89. The van der Waals surface area contributed by atoms with Gasteiger partial charge in [-0.25, -0.2) is 0 Å². The third kappa shape index (κ3) is 2.96. The highest BCUT2D eigenvalue weighted by Crippen LogP contribution is 2.27. The second-order valence-corrected chi connectivity index (χ2v) is 6.80. The Kier molecular flexibility index (Phi) is 4.21. The van der Waals surface area contributed by atoms with Gasteiger partial charge in [0.1, 0.15) is 0 Å². The predicted molar refractivity (Wildman–Crippen MR) is 86.7 cm³/mol. The van der Waals surface area contributed by atoms with Gasteiger partial charge in [-0.1, -0.05) is 63.0 Å². The minimum Gasteiger partial charge on any atom is -0.275 e. The molecule has 0 aliphatic rings. The molecular weight excluding hydrogens is 381 g/mol. The van der Waals surface area contributed by atoms with Crippen LogP contribution in [0.3, 0.4) is 0 Å². The molecule has 0 unspecified atom stereocenters. The van der Waals surface area contributed by atoms with Crippen LogP contribution in [0.2, 0.25) is 10.0 Å². The van der Waals surface area contributed by atoms with Crippen molar-refractivity contribution in [2.45, 2.75) is 10.9 Å². The average molecular weight is 389 g/mol. The van der Waals surface area contributed by atoms with Crippen molar-refractivity contribution in [3.8, 4) is 0 Å². The van der Waals surface area contributed by atoms with Crippen LogP contribution < -0.4 is 0 Å². The normalized spacial score (nSPS) is 11.2. The van der Waals surface area contributed by atoms with Gasteiger partial charge in [0, 0.05) is 16.4 Å². The molecule has 3 aromatic rings. The quantitative estimate of drug-likeness (QED) is 0.585. The number of nitrogens with zero attached hydrogens (tertiary/aromatic N) is 3. The minimum atomic E-state index is 0.499. The Morgan fingerprint density at radius 3 is 2.85 bits per heavy atom. The highest BCUT2D eigenvalue weighted by molar-refractivity contribution is 9.10. The summed E-state index contributed by atoms with van der Waals surface area (Å²) in [4.78, 5) is 0. The van der Waals surface area contributed by atoms with Gasteiger partial charge < -0.3 is 0 Å². The van der Waals surface area contributed by atoms with Crippen LogP contribution in [-0.2, 0) is 5.75 Å². The van der Waals surface area contributed by atoms with Gasteiger partial charge in [-0.2, -0.15) is 0 Å². The van der Waals surface area contributed by atoms with Crippen LogP contribution in [-0.4, -0.2) is 14.6 Å². The Morgan fingerprint density at radius 1 is 1.20 bits per heavy atom. The van der Waals surface area contributed by atoms with Crippen LogP contribution >= 0.6 is 50.9 Å². The fraction of sp³-hybridized carbons (Fsp3) is 0.0769. The lowest BCUT2D eigenvalue weighted by Gasteiger charge is -2.02. The van der Waals surface area contributed by atoms with Crippen molar-refractivity contribution in [1.82, 2.24) is 14.6 Å². The van der Waals surface area contributed by atoms with Crippen molar-refractivity contribution in [2.24, 2.45) is 0 Å². The van der Waals surface area contributed by atoms with Gasteiger partial charge in [-0.05, 0) is 23.8 Å². The zero-order chi connectivity index (χ0) is 14.1. The molecule has 2 heterocycles. The van der Waals surface area contributed by atoms with E-state index in [9.17, 15) is 0 Å². The molecule has 0 saturated heterocycles. The van der Waals surface area contributed by atoms with Crippen LogP contribution in [0.5, 0.6) is 0 Å². The monoisotopic (exact) mass is 387 g/mol. The zero-order valence-corrected chi connectivity index (χ0v) is 14.0. The molecule has 0 spiro atoms. The number of pyridine rings is 1. The topological polar surface area (TPSA) is 30.2 Å². The lowest BCUT2D eigenvalue weighted by atomic mass is 10.2. The van der Waals surface area contributed by atoms with E-state index in [-0.39, 0.29) is 0 Å². The molecule has 2 aromatic heterocycles. The Morgan fingerprint density at radius 2 is 2.05 bits per heavy atom. The molecule has 3 rings (SSSR count). The van der Waals surface area contributed by atoms with Gasteiger partial charge in [-0.3, -0.25) is 4.40 Å². The van der Waals surface area contributed by atoms with E-state index >= 15 is 0 Å². The summed E-state index contributed by atoms with van der Waals surface area (Å²) in [6.45, 7) is 0. The first-order valence-corrected chi connectivity index (χ1v) is 8.24.